The fraction of sp³-hybridized carbons (Fsp3) is 0.810. The van der Waals surface area contributed by atoms with Crippen LogP contribution in [0.5, 0.6) is 0 Å². The van der Waals surface area contributed by atoms with Crippen LogP contribution >= 0.6 is 0 Å². The Balaban J connectivity index is 2.24. The molecule has 0 radical (unpaired) electrons. The number of unbranched alkanes of at least 4 members (excludes halogenated alkanes) is 6. The third-order valence-electron chi connectivity index (χ3n) is 4.86. The van der Waals surface area contributed by atoms with Crippen LogP contribution in [0.1, 0.15) is 85.5 Å². The number of ether oxygens (including phenoxy) is 1. The summed E-state index contributed by atoms with van der Waals surface area (Å²) in [6.07, 6.45) is 18.3. The lowest BCUT2D eigenvalue weighted by molar-refractivity contribution is -0.0939. The van der Waals surface area contributed by atoms with E-state index >= 15 is 0 Å². The second-order valence-corrected chi connectivity index (χ2v) is 7.54. The number of rotatable bonds is 12. The Morgan fingerprint density at radius 3 is 2.39 bits per heavy atom. The highest BCUT2D eigenvalue weighted by molar-refractivity contribution is 5.25. The maximum atomic E-state index is 12.7. The van der Waals surface area contributed by atoms with Crippen molar-refractivity contribution in [3.05, 3.63) is 23.8 Å². The monoisotopic (exact) mass is 324 g/mol. The van der Waals surface area contributed by atoms with Crippen LogP contribution in [0.25, 0.3) is 0 Å². The lowest BCUT2D eigenvalue weighted by Crippen LogP contribution is -2.37. The molecular formula is C21H37FO. The van der Waals surface area contributed by atoms with Crippen molar-refractivity contribution < 1.29 is 9.13 Å². The van der Waals surface area contributed by atoms with Gasteiger partial charge in [0.25, 0.3) is 0 Å². The zero-order valence-electron chi connectivity index (χ0n) is 15.7. The minimum atomic E-state index is -0.417. The van der Waals surface area contributed by atoms with Gasteiger partial charge < -0.3 is 4.74 Å². The summed E-state index contributed by atoms with van der Waals surface area (Å²) in [6.45, 7) is 7.79. The molecule has 0 aliphatic heterocycles. The maximum absolute atomic E-state index is 12.7. The zero-order valence-corrected chi connectivity index (χ0v) is 15.7. The highest BCUT2D eigenvalue weighted by atomic mass is 19.1. The molecule has 134 valence electrons. The SMILES string of the molecule is CCCCCCCCCC1=CCC(C(C)(C)OC(C)CF)C=C1. The summed E-state index contributed by atoms with van der Waals surface area (Å²) < 4.78 is 18.5. The van der Waals surface area contributed by atoms with Crippen molar-refractivity contribution in [1.29, 1.82) is 0 Å². The van der Waals surface area contributed by atoms with Crippen molar-refractivity contribution in [1.82, 2.24) is 0 Å². The lowest BCUT2D eigenvalue weighted by atomic mass is 9.83. The third-order valence-corrected chi connectivity index (χ3v) is 4.86. The molecule has 2 atom stereocenters. The van der Waals surface area contributed by atoms with E-state index in [1.807, 2.05) is 0 Å². The van der Waals surface area contributed by atoms with Crippen LogP contribution in [-0.4, -0.2) is 18.4 Å². The smallest absolute Gasteiger partial charge is 0.115 e. The van der Waals surface area contributed by atoms with E-state index in [1.54, 1.807) is 6.92 Å². The van der Waals surface area contributed by atoms with Gasteiger partial charge in [-0.25, -0.2) is 4.39 Å². The van der Waals surface area contributed by atoms with Gasteiger partial charge in [-0.05, 0) is 40.0 Å². The summed E-state index contributed by atoms with van der Waals surface area (Å²) in [6, 6.07) is 0. The Morgan fingerprint density at radius 2 is 1.83 bits per heavy atom. The molecule has 0 saturated carbocycles. The van der Waals surface area contributed by atoms with Crippen LogP contribution in [0.3, 0.4) is 0 Å². The molecule has 1 aliphatic carbocycles. The van der Waals surface area contributed by atoms with E-state index in [0.717, 1.165) is 6.42 Å². The summed E-state index contributed by atoms with van der Waals surface area (Å²) in [4.78, 5) is 0. The summed E-state index contributed by atoms with van der Waals surface area (Å²) in [5, 5.41) is 0. The van der Waals surface area contributed by atoms with E-state index in [9.17, 15) is 4.39 Å². The fourth-order valence-corrected chi connectivity index (χ4v) is 3.29. The van der Waals surface area contributed by atoms with Crippen LogP contribution in [0.2, 0.25) is 0 Å². The maximum Gasteiger partial charge on any atom is 0.115 e. The molecule has 0 heterocycles. The van der Waals surface area contributed by atoms with Gasteiger partial charge in [0.2, 0.25) is 0 Å². The standard InChI is InChI=1S/C21H37FO/c1-5-6-7-8-9-10-11-12-19-13-15-20(16-14-19)21(3,4)23-18(2)17-22/h13-15,18,20H,5-12,16-17H2,1-4H3. The summed E-state index contributed by atoms with van der Waals surface area (Å²) in [7, 11) is 0. The summed E-state index contributed by atoms with van der Waals surface area (Å²) in [5.74, 6) is 0.342. The molecular weight excluding hydrogens is 287 g/mol. The first-order valence-corrected chi connectivity index (χ1v) is 9.60. The van der Waals surface area contributed by atoms with E-state index in [0.29, 0.717) is 5.92 Å². The third kappa shape index (κ3) is 8.15. The molecule has 23 heavy (non-hydrogen) atoms. The number of hydrogen-bond donors (Lipinski definition) is 0. The molecule has 0 aromatic carbocycles. The quantitative estimate of drug-likeness (QED) is 0.359. The highest BCUT2D eigenvalue weighted by Gasteiger charge is 2.30. The summed E-state index contributed by atoms with van der Waals surface area (Å²) >= 11 is 0. The Morgan fingerprint density at radius 1 is 1.17 bits per heavy atom. The normalized spacial score (nSPS) is 19.7. The van der Waals surface area contributed by atoms with Gasteiger partial charge in [-0.2, -0.15) is 0 Å². The van der Waals surface area contributed by atoms with Gasteiger partial charge >= 0.3 is 0 Å². The van der Waals surface area contributed by atoms with Crippen LogP contribution in [0, 0.1) is 5.92 Å². The van der Waals surface area contributed by atoms with Crippen molar-refractivity contribution >= 4 is 0 Å². The molecule has 0 aromatic rings. The predicted octanol–water partition coefficient (Wildman–Crippen LogP) is 6.78. The van der Waals surface area contributed by atoms with Crippen LogP contribution in [-0.2, 0) is 4.74 Å². The topological polar surface area (TPSA) is 9.23 Å². The van der Waals surface area contributed by atoms with Gasteiger partial charge in [-0.3, -0.25) is 0 Å². The second kappa shape index (κ2) is 11.0. The first-order chi connectivity index (χ1) is 11.0. The van der Waals surface area contributed by atoms with E-state index in [4.69, 9.17) is 4.74 Å². The Hall–Kier alpha value is -0.630. The molecule has 0 saturated heterocycles. The van der Waals surface area contributed by atoms with Gasteiger partial charge in [-0.1, -0.05) is 69.2 Å². The molecule has 0 amide bonds. The average Bonchev–Trinajstić information content (AvgIpc) is 2.54. The molecule has 1 nitrogen and oxygen atoms in total. The highest BCUT2D eigenvalue weighted by Crippen LogP contribution is 2.32. The fourth-order valence-electron chi connectivity index (χ4n) is 3.29. The molecule has 0 N–H and O–H groups in total. The molecule has 2 unspecified atom stereocenters. The van der Waals surface area contributed by atoms with Crippen molar-refractivity contribution in [2.24, 2.45) is 5.92 Å². The van der Waals surface area contributed by atoms with Crippen molar-refractivity contribution in [2.75, 3.05) is 6.67 Å². The van der Waals surface area contributed by atoms with Crippen molar-refractivity contribution in [3.8, 4) is 0 Å². The largest absolute Gasteiger partial charge is 0.369 e. The molecule has 0 aromatic heterocycles. The van der Waals surface area contributed by atoms with Crippen molar-refractivity contribution in [2.45, 2.75) is 97.2 Å². The van der Waals surface area contributed by atoms with Crippen LogP contribution < -0.4 is 0 Å². The Labute approximate surface area is 143 Å². The predicted molar refractivity (Wildman–Crippen MR) is 98.5 cm³/mol. The minimum Gasteiger partial charge on any atom is -0.369 e. The first kappa shape index (κ1) is 20.4. The van der Waals surface area contributed by atoms with Gasteiger partial charge in [0, 0.05) is 5.92 Å². The number of hydrogen-bond acceptors (Lipinski definition) is 1. The molecule has 0 spiro atoms. The average molecular weight is 325 g/mol. The number of alkyl halides is 1. The second-order valence-electron chi connectivity index (χ2n) is 7.54. The lowest BCUT2D eigenvalue weighted by Gasteiger charge is -2.35. The van der Waals surface area contributed by atoms with Crippen LogP contribution in [0.15, 0.2) is 23.8 Å². The molecule has 1 rings (SSSR count). The Kier molecular flexibility index (Phi) is 9.78. The molecule has 0 fully saturated rings. The van der Waals surface area contributed by atoms with Crippen molar-refractivity contribution in [3.63, 3.8) is 0 Å². The molecule has 1 aliphatic rings. The molecule has 0 bridgehead atoms. The van der Waals surface area contributed by atoms with E-state index in [1.165, 1.54) is 56.9 Å². The van der Waals surface area contributed by atoms with E-state index in [2.05, 4.69) is 39.0 Å². The van der Waals surface area contributed by atoms with Gasteiger partial charge in [0.05, 0.1) is 11.7 Å². The first-order valence-electron chi connectivity index (χ1n) is 9.60. The summed E-state index contributed by atoms with van der Waals surface area (Å²) in [5.41, 5.74) is 1.16. The van der Waals surface area contributed by atoms with Crippen LogP contribution in [0.4, 0.5) is 4.39 Å². The minimum absolute atomic E-state index is 0.302. The molecule has 2 heteroatoms. The Bertz CT molecular complexity index is 370. The zero-order chi connectivity index (χ0) is 17.1. The van der Waals surface area contributed by atoms with E-state index in [-0.39, 0.29) is 11.7 Å². The van der Waals surface area contributed by atoms with Gasteiger partial charge in [-0.15, -0.1) is 0 Å². The van der Waals surface area contributed by atoms with Gasteiger partial charge in [0.15, 0.2) is 0 Å². The number of halogens is 1. The number of allylic oxidation sites excluding steroid dienone is 3. The van der Waals surface area contributed by atoms with Gasteiger partial charge in [0.1, 0.15) is 6.67 Å². The van der Waals surface area contributed by atoms with E-state index < -0.39 is 6.67 Å².